The maximum absolute atomic E-state index is 9.11. The monoisotopic (exact) mass is 184 g/mol. The van der Waals surface area contributed by atoms with Gasteiger partial charge >= 0.3 is 0 Å². The summed E-state index contributed by atoms with van der Waals surface area (Å²) in [6.07, 6.45) is 0. The molecule has 0 fully saturated rings. The fraction of sp³-hybridized carbons (Fsp3) is 0.400. The summed E-state index contributed by atoms with van der Waals surface area (Å²) in [6, 6.07) is 8.02. The maximum atomic E-state index is 9.11. The molecule has 0 spiro atoms. The van der Waals surface area contributed by atoms with E-state index in [0.717, 1.165) is 5.56 Å². The van der Waals surface area contributed by atoms with Crippen molar-refractivity contribution in [2.24, 2.45) is 0 Å². The molecule has 0 aliphatic carbocycles. The highest BCUT2D eigenvalue weighted by atomic mass is 35.5. The Morgan fingerprint density at radius 2 is 1.75 bits per heavy atom. The van der Waals surface area contributed by atoms with Gasteiger partial charge in [0.25, 0.3) is 0 Å². The van der Waals surface area contributed by atoms with Gasteiger partial charge in [0.15, 0.2) is 0 Å². The number of aliphatic hydroxyl groups is 1. The van der Waals surface area contributed by atoms with Crippen molar-refractivity contribution in [1.82, 2.24) is 0 Å². The molecule has 1 rings (SSSR count). The summed E-state index contributed by atoms with van der Waals surface area (Å²) in [6.45, 7) is 3.94. The number of aliphatic hydroxyl groups excluding tert-OH is 1. The standard InChI is InChI=1S/C10H13ClO/c1-7-3-5-9(6-4-7)8(2)10(11)12/h3-6,8,10,12H,1-2H3. The fourth-order valence-corrected chi connectivity index (χ4v) is 1.17. The van der Waals surface area contributed by atoms with E-state index in [0.29, 0.717) is 0 Å². The summed E-state index contributed by atoms with van der Waals surface area (Å²) < 4.78 is 0. The third-order valence-corrected chi connectivity index (χ3v) is 2.39. The number of halogens is 1. The highest BCUT2D eigenvalue weighted by molar-refractivity contribution is 6.20. The first-order valence-electron chi connectivity index (χ1n) is 4.00. The summed E-state index contributed by atoms with van der Waals surface area (Å²) in [5.74, 6) is -0.00716. The van der Waals surface area contributed by atoms with Crippen LogP contribution in [0.4, 0.5) is 0 Å². The van der Waals surface area contributed by atoms with Gasteiger partial charge in [-0.2, -0.15) is 0 Å². The molecule has 0 amide bonds. The number of hydrogen-bond acceptors (Lipinski definition) is 1. The van der Waals surface area contributed by atoms with Gasteiger partial charge in [-0.25, -0.2) is 0 Å². The first-order valence-corrected chi connectivity index (χ1v) is 4.43. The fourth-order valence-electron chi connectivity index (χ4n) is 1.03. The van der Waals surface area contributed by atoms with Crippen molar-refractivity contribution in [1.29, 1.82) is 0 Å². The van der Waals surface area contributed by atoms with Gasteiger partial charge in [-0.3, -0.25) is 0 Å². The molecule has 0 saturated carbocycles. The first kappa shape index (κ1) is 9.56. The Kier molecular flexibility index (Phi) is 3.12. The predicted molar refractivity (Wildman–Crippen MR) is 51.5 cm³/mol. The van der Waals surface area contributed by atoms with Gasteiger partial charge in [0.1, 0.15) is 5.56 Å². The van der Waals surface area contributed by atoms with Crippen molar-refractivity contribution in [3.63, 3.8) is 0 Å². The normalized spacial score (nSPS) is 15.7. The maximum Gasteiger partial charge on any atom is 0.134 e. The lowest BCUT2D eigenvalue weighted by atomic mass is 10.0. The van der Waals surface area contributed by atoms with Crippen LogP contribution in [0.25, 0.3) is 0 Å². The van der Waals surface area contributed by atoms with Gasteiger partial charge in [-0.05, 0) is 12.5 Å². The lowest BCUT2D eigenvalue weighted by Gasteiger charge is -2.12. The lowest BCUT2D eigenvalue weighted by Crippen LogP contribution is -2.07. The van der Waals surface area contributed by atoms with Crippen LogP contribution in [0, 0.1) is 6.92 Å². The van der Waals surface area contributed by atoms with Crippen LogP contribution in [0.15, 0.2) is 24.3 Å². The van der Waals surface area contributed by atoms with Crippen molar-refractivity contribution >= 4 is 11.6 Å². The molecule has 2 atom stereocenters. The van der Waals surface area contributed by atoms with Crippen LogP contribution in [-0.2, 0) is 0 Å². The third-order valence-electron chi connectivity index (χ3n) is 2.02. The molecule has 2 unspecified atom stereocenters. The number of alkyl halides is 1. The minimum Gasteiger partial charge on any atom is -0.377 e. The molecule has 1 N–H and O–H groups in total. The molecule has 0 bridgehead atoms. The van der Waals surface area contributed by atoms with Gasteiger partial charge in [0.2, 0.25) is 0 Å². The molecule has 2 heteroatoms. The van der Waals surface area contributed by atoms with Gasteiger partial charge in [0, 0.05) is 5.92 Å². The largest absolute Gasteiger partial charge is 0.377 e. The van der Waals surface area contributed by atoms with E-state index in [4.69, 9.17) is 16.7 Å². The molecule has 0 heterocycles. The predicted octanol–water partition coefficient (Wildman–Crippen LogP) is 2.66. The van der Waals surface area contributed by atoms with E-state index in [-0.39, 0.29) is 5.92 Å². The number of hydrogen-bond donors (Lipinski definition) is 1. The van der Waals surface area contributed by atoms with Gasteiger partial charge in [-0.1, -0.05) is 48.4 Å². The molecule has 0 radical (unpaired) electrons. The van der Waals surface area contributed by atoms with Crippen molar-refractivity contribution in [3.05, 3.63) is 35.4 Å². The van der Waals surface area contributed by atoms with Gasteiger partial charge in [-0.15, -0.1) is 0 Å². The third kappa shape index (κ3) is 2.23. The highest BCUT2D eigenvalue weighted by Crippen LogP contribution is 2.21. The Hall–Kier alpha value is -0.530. The van der Waals surface area contributed by atoms with Crippen molar-refractivity contribution in [3.8, 4) is 0 Å². The van der Waals surface area contributed by atoms with E-state index in [1.807, 2.05) is 38.1 Å². The molecule has 1 aromatic rings. The molecule has 0 aliphatic rings. The van der Waals surface area contributed by atoms with Crippen LogP contribution >= 0.6 is 11.6 Å². The average molecular weight is 185 g/mol. The zero-order valence-electron chi connectivity index (χ0n) is 7.29. The minimum atomic E-state index is -0.798. The van der Waals surface area contributed by atoms with E-state index in [1.54, 1.807) is 0 Å². The van der Waals surface area contributed by atoms with E-state index in [1.165, 1.54) is 5.56 Å². The molecular weight excluding hydrogens is 172 g/mol. The van der Waals surface area contributed by atoms with Crippen molar-refractivity contribution in [2.75, 3.05) is 0 Å². The van der Waals surface area contributed by atoms with Crippen LogP contribution in [0.5, 0.6) is 0 Å². The van der Waals surface area contributed by atoms with E-state index in [2.05, 4.69) is 0 Å². The highest BCUT2D eigenvalue weighted by Gasteiger charge is 2.12. The zero-order valence-corrected chi connectivity index (χ0v) is 8.05. The molecule has 0 aromatic heterocycles. The second-order valence-corrected chi connectivity index (χ2v) is 3.52. The summed E-state index contributed by atoms with van der Waals surface area (Å²) in [4.78, 5) is 0. The Bertz CT molecular complexity index is 241. The lowest BCUT2D eigenvalue weighted by molar-refractivity contribution is 0.230. The SMILES string of the molecule is Cc1ccc(C(C)C(O)Cl)cc1. The Morgan fingerprint density at radius 3 is 2.17 bits per heavy atom. The molecular formula is C10H13ClO. The Labute approximate surface area is 78.0 Å². The summed E-state index contributed by atoms with van der Waals surface area (Å²) >= 11 is 5.56. The second-order valence-electron chi connectivity index (χ2n) is 3.07. The van der Waals surface area contributed by atoms with Gasteiger partial charge < -0.3 is 5.11 Å². The number of rotatable bonds is 2. The molecule has 12 heavy (non-hydrogen) atoms. The Morgan fingerprint density at radius 1 is 1.25 bits per heavy atom. The second kappa shape index (κ2) is 3.92. The van der Waals surface area contributed by atoms with E-state index >= 15 is 0 Å². The summed E-state index contributed by atoms with van der Waals surface area (Å²) in [7, 11) is 0. The van der Waals surface area contributed by atoms with Crippen LogP contribution in [0.3, 0.4) is 0 Å². The van der Waals surface area contributed by atoms with Gasteiger partial charge in [0.05, 0.1) is 0 Å². The van der Waals surface area contributed by atoms with Crippen LogP contribution in [0.2, 0.25) is 0 Å². The summed E-state index contributed by atoms with van der Waals surface area (Å²) in [5, 5.41) is 9.11. The number of aryl methyl sites for hydroxylation is 1. The molecule has 0 aliphatic heterocycles. The first-order chi connectivity index (χ1) is 5.61. The van der Waals surface area contributed by atoms with Crippen LogP contribution in [0.1, 0.15) is 24.0 Å². The minimum absolute atomic E-state index is 0.00716. The Balaban J connectivity index is 2.82. The molecule has 0 saturated heterocycles. The van der Waals surface area contributed by atoms with Crippen LogP contribution in [-0.4, -0.2) is 10.7 Å². The summed E-state index contributed by atoms with van der Waals surface area (Å²) in [5.41, 5.74) is 1.49. The van der Waals surface area contributed by atoms with Crippen LogP contribution < -0.4 is 0 Å². The van der Waals surface area contributed by atoms with E-state index < -0.39 is 5.56 Å². The quantitative estimate of drug-likeness (QED) is 0.701. The molecule has 1 nitrogen and oxygen atoms in total. The smallest absolute Gasteiger partial charge is 0.134 e. The molecule has 66 valence electrons. The van der Waals surface area contributed by atoms with Crippen molar-refractivity contribution in [2.45, 2.75) is 25.3 Å². The number of benzene rings is 1. The topological polar surface area (TPSA) is 20.2 Å². The average Bonchev–Trinajstić information content (AvgIpc) is 2.04. The molecule has 1 aromatic carbocycles. The van der Waals surface area contributed by atoms with Crippen molar-refractivity contribution < 1.29 is 5.11 Å². The zero-order chi connectivity index (χ0) is 9.14. The van der Waals surface area contributed by atoms with E-state index in [9.17, 15) is 0 Å².